The van der Waals surface area contributed by atoms with Gasteiger partial charge in [-0.2, -0.15) is 0 Å². The van der Waals surface area contributed by atoms with Gasteiger partial charge in [-0.25, -0.2) is 10.3 Å². The molecule has 0 saturated carbocycles. The van der Waals surface area contributed by atoms with Crippen molar-refractivity contribution in [3.63, 3.8) is 0 Å². The highest BCUT2D eigenvalue weighted by atomic mass is 32.1. The number of nitro groups is 2. The molecule has 0 amide bonds. The van der Waals surface area contributed by atoms with Crippen LogP contribution in [0.2, 0.25) is 0 Å². The van der Waals surface area contributed by atoms with Crippen molar-refractivity contribution in [2.45, 2.75) is 13.3 Å². The Bertz CT molecular complexity index is 670. The Balaban J connectivity index is 2.35. The lowest BCUT2D eigenvalue weighted by Crippen LogP contribution is -1.97. The quantitative estimate of drug-likeness (QED) is 0.620. The number of aryl methyl sites for hydroxylation is 1. The lowest BCUT2D eigenvalue weighted by Gasteiger charge is -2.00. The van der Waals surface area contributed by atoms with Crippen LogP contribution in [0.4, 0.5) is 22.2 Å². The Labute approximate surface area is 117 Å². The molecule has 2 rings (SSSR count). The summed E-state index contributed by atoms with van der Waals surface area (Å²) in [6.07, 6.45) is 2.45. The van der Waals surface area contributed by atoms with Gasteiger partial charge < -0.3 is 0 Å². The van der Waals surface area contributed by atoms with E-state index >= 15 is 0 Å². The zero-order valence-electron chi connectivity index (χ0n) is 10.3. The summed E-state index contributed by atoms with van der Waals surface area (Å²) < 4.78 is 0. The molecule has 1 radical (unpaired) electrons. The van der Waals surface area contributed by atoms with Crippen molar-refractivity contribution in [2.75, 3.05) is 0 Å². The van der Waals surface area contributed by atoms with Crippen LogP contribution in [0, 0.1) is 20.2 Å². The topological polar surface area (TPSA) is 113 Å². The van der Waals surface area contributed by atoms with E-state index in [1.54, 1.807) is 6.20 Å². The first-order valence-corrected chi connectivity index (χ1v) is 6.42. The molecule has 0 spiro atoms. The Hall–Kier alpha value is -2.55. The maximum atomic E-state index is 11.0. The van der Waals surface area contributed by atoms with Crippen LogP contribution in [0.3, 0.4) is 0 Å². The molecule has 1 heterocycles. The third-order valence-electron chi connectivity index (χ3n) is 2.47. The van der Waals surface area contributed by atoms with Gasteiger partial charge in [-0.1, -0.05) is 18.3 Å². The average Bonchev–Trinajstić information content (AvgIpc) is 2.86. The minimum absolute atomic E-state index is 0.0533. The average molecular weight is 293 g/mol. The van der Waals surface area contributed by atoms with E-state index in [0.29, 0.717) is 5.13 Å². The summed E-state index contributed by atoms with van der Waals surface area (Å²) in [5.41, 5.74) is -0.700. The smallest absolute Gasteiger partial charge is 0.258 e. The third kappa shape index (κ3) is 2.88. The first-order chi connectivity index (χ1) is 9.51. The highest BCUT2D eigenvalue weighted by molar-refractivity contribution is 7.15. The van der Waals surface area contributed by atoms with Crippen LogP contribution in [-0.4, -0.2) is 14.8 Å². The molecular formula is C11H9N4O4S. The zero-order chi connectivity index (χ0) is 14.7. The van der Waals surface area contributed by atoms with E-state index in [9.17, 15) is 20.2 Å². The number of nitro benzene ring substituents is 2. The fourth-order valence-corrected chi connectivity index (χ4v) is 2.22. The Morgan fingerprint density at radius 2 is 2.05 bits per heavy atom. The van der Waals surface area contributed by atoms with Gasteiger partial charge in [0.05, 0.1) is 15.9 Å². The van der Waals surface area contributed by atoms with E-state index in [2.05, 4.69) is 10.3 Å². The van der Waals surface area contributed by atoms with Crippen molar-refractivity contribution < 1.29 is 9.85 Å². The number of non-ortho nitro benzene ring substituents is 1. The molecule has 0 bridgehead atoms. The molecule has 1 aromatic carbocycles. The minimum Gasteiger partial charge on any atom is -0.258 e. The standard InChI is InChI=1S/C11H9N4O4S/c1-2-8-6-12-11(20-8)13-9-4-3-7(14(16)17)5-10(9)15(18)19/h3-6H,2H2,1H3. The minimum atomic E-state index is -0.694. The summed E-state index contributed by atoms with van der Waals surface area (Å²) in [5, 5.41) is 26.0. The van der Waals surface area contributed by atoms with Gasteiger partial charge in [0.15, 0.2) is 0 Å². The Morgan fingerprint density at radius 3 is 2.60 bits per heavy atom. The lowest BCUT2D eigenvalue weighted by atomic mass is 10.2. The number of hydrogen-bond donors (Lipinski definition) is 0. The summed E-state index contributed by atoms with van der Waals surface area (Å²) in [4.78, 5) is 25.2. The molecule has 2 aromatic rings. The molecule has 0 aliphatic heterocycles. The SMILES string of the molecule is CCc1cnc([N]c2ccc([N+](=O)[O-])cc2[N+](=O)[O-])s1. The van der Waals surface area contributed by atoms with Crippen molar-refractivity contribution in [3.8, 4) is 0 Å². The molecule has 1 aromatic heterocycles. The maximum absolute atomic E-state index is 11.0. The number of rotatable bonds is 5. The summed E-state index contributed by atoms with van der Waals surface area (Å²) in [6.45, 7) is 1.96. The van der Waals surface area contributed by atoms with Crippen LogP contribution in [0.5, 0.6) is 0 Å². The second kappa shape index (κ2) is 5.61. The molecule has 0 N–H and O–H groups in total. The van der Waals surface area contributed by atoms with Crippen molar-refractivity contribution in [1.82, 2.24) is 10.3 Å². The summed E-state index contributed by atoms with van der Waals surface area (Å²) >= 11 is 1.32. The molecule has 103 valence electrons. The van der Waals surface area contributed by atoms with Gasteiger partial charge in [0.2, 0.25) is 5.13 Å². The van der Waals surface area contributed by atoms with Gasteiger partial charge in [-0.15, -0.1) is 0 Å². The van der Waals surface area contributed by atoms with Crippen LogP contribution in [-0.2, 0) is 6.42 Å². The number of thiazole rings is 1. The molecule has 0 fully saturated rings. The molecular weight excluding hydrogens is 284 g/mol. The van der Waals surface area contributed by atoms with Gasteiger partial charge >= 0.3 is 5.69 Å². The zero-order valence-corrected chi connectivity index (χ0v) is 11.2. The Kier molecular flexibility index (Phi) is 3.89. The predicted octanol–water partition coefficient (Wildman–Crippen LogP) is 3.09. The van der Waals surface area contributed by atoms with Crippen LogP contribution in [0.25, 0.3) is 0 Å². The van der Waals surface area contributed by atoms with E-state index in [-0.39, 0.29) is 11.4 Å². The lowest BCUT2D eigenvalue weighted by molar-refractivity contribution is -0.393. The van der Waals surface area contributed by atoms with Crippen molar-refractivity contribution >= 4 is 33.5 Å². The third-order valence-corrected chi connectivity index (χ3v) is 3.51. The van der Waals surface area contributed by atoms with Gasteiger partial charge in [0.25, 0.3) is 5.69 Å². The molecule has 0 unspecified atom stereocenters. The first kappa shape index (κ1) is 13.9. The van der Waals surface area contributed by atoms with Crippen molar-refractivity contribution in [3.05, 3.63) is 49.5 Å². The first-order valence-electron chi connectivity index (χ1n) is 5.60. The van der Waals surface area contributed by atoms with E-state index in [1.165, 1.54) is 23.5 Å². The fourth-order valence-electron chi connectivity index (χ4n) is 1.48. The van der Waals surface area contributed by atoms with Gasteiger partial charge in [-0.3, -0.25) is 20.2 Å². The van der Waals surface area contributed by atoms with Gasteiger partial charge in [0.1, 0.15) is 5.69 Å². The van der Waals surface area contributed by atoms with Crippen LogP contribution in [0.15, 0.2) is 24.4 Å². The highest BCUT2D eigenvalue weighted by Crippen LogP contribution is 2.32. The number of aromatic nitrogens is 1. The molecule has 9 heteroatoms. The summed E-state index contributed by atoms with van der Waals surface area (Å²) in [5.74, 6) is 0. The van der Waals surface area contributed by atoms with E-state index in [1.807, 2.05) is 6.92 Å². The van der Waals surface area contributed by atoms with Gasteiger partial charge in [-0.05, 0) is 12.5 Å². The van der Waals surface area contributed by atoms with Crippen LogP contribution < -0.4 is 5.32 Å². The molecule has 8 nitrogen and oxygen atoms in total. The fraction of sp³-hybridized carbons (Fsp3) is 0.182. The second-order valence-corrected chi connectivity index (χ2v) is 4.86. The van der Waals surface area contributed by atoms with Crippen LogP contribution in [0.1, 0.15) is 11.8 Å². The van der Waals surface area contributed by atoms with E-state index in [4.69, 9.17) is 0 Å². The molecule has 0 aliphatic carbocycles. The van der Waals surface area contributed by atoms with Crippen molar-refractivity contribution in [2.24, 2.45) is 0 Å². The maximum Gasteiger partial charge on any atom is 0.301 e. The molecule has 20 heavy (non-hydrogen) atoms. The predicted molar refractivity (Wildman–Crippen MR) is 72.7 cm³/mol. The number of hydrogen-bond acceptors (Lipinski definition) is 6. The van der Waals surface area contributed by atoms with E-state index < -0.39 is 15.5 Å². The van der Waals surface area contributed by atoms with Crippen molar-refractivity contribution in [1.29, 1.82) is 0 Å². The highest BCUT2D eigenvalue weighted by Gasteiger charge is 2.21. The molecule has 0 atom stereocenters. The van der Waals surface area contributed by atoms with E-state index in [0.717, 1.165) is 17.4 Å². The molecule has 0 saturated heterocycles. The largest absolute Gasteiger partial charge is 0.301 e. The Morgan fingerprint density at radius 1 is 1.30 bits per heavy atom. The summed E-state index contributed by atoms with van der Waals surface area (Å²) in [6, 6.07) is 3.33. The monoisotopic (exact) mass is 293 g/mol. The summed E-state index contributed by atoms with van der Waals surface area (Å²) in [7, 11) is 0. The van der Waals surface area contributed by atoms with Crippen LogP contribution >= 0.6 is 11.3 Å². The van der Waals surface area contributed by atoms with Gasteiger partial charge in [0, 0.05) is 17.1 Å². The molecule has 0 aliphatic rings. The second-order valence-electron chi connectivity index (χ2n) is 3.76. The normalized spacial score (nSPS) is 10.2. The number of nitrogens with zero attached hydrogens (tertiary/aromatic N) is 4. The number of benzene rings is 1.